The quantitative estimate of drug-likeness (QED) is 0.185. The molecule has 0 atom stereocenters. The molecule has 4 aromatic rings. The first-order chi connectivity index (χ1) is 17.1. The molecule has 7 nitrogen and oxygen atoms in total. The summed E-state index contributed by atoms with van der Waals surface area (Å²) in [5, 5.41) is 8.43. The molecule has 186 valence electrons. The average molecular weight is 529 g/mol. The van der Waals surface area contributed by atoms with Gasteiger partial charge in [0, 0.05) is 33.8 Å². The molecule has 0 spiro atoms. The van der Waals surface area contributed by atoms with Crippen LogP contribution in [0.25, 0.3) is 21.5 Å². The number of pyridine rings is 1. The highest BCUT2D eigenvalue weighted by Gasteiger charge is 2.26. The molecular weight excluding hydrogens is 506 g/mol. The minimum absolute atomic E-state index is 0.0100. The molecule has 0 radical (unpaired) electrons. The number of carbonyl (C=O) groups is 1. The van der Waals surface area contributed by atoms with E-state index in [4.69, 9.17) is 5.41 Å². The Kier molecular flexibility index (Phi) is 7.14. The van der Waals surface area contributed by atoms with Crippen LogP contribution in [0.5, 0.6) is 0 Å². The number of aromatic amines is 1. The summed E-state index contributed by atoms with van der Waals surface area (Å²) in [4.78, 5) is 22.0. The third-order valence-corrected chi connectivity index (χ3v) is 7.97. The first-order valence-electron chi connectivity index (χ1n) is 11.0. The van der Waals surface area contributed by atoms with Gasteiger partial charge < -0.3 is 4.98 Å². The highest BCUT2D eigenvalue weighted by atomic mass is 32.2. The lowest BCUT2D eigenvalue weighted by molar-refractivity contribution is 0.103. The van der Waals surface area contributed by atoms with E-state index in [1.54, 1.807) is 31.3 Å². The molecule has 0 unspecified atom stereocenters. The lowest BCUT2D eigenvalue weighted by Gasteiger charge is -2.11. The number of allylic oxidation sites excluding steroid dienone is 2. The van der Waals surface area contributed by atoms with Gasteiger partial charge in [-0.25, -0.2) is 22.2 Å². The highest BCUT2D eigenvalue weighted by Crippen LogP contribution is 2.32. The van der Waals surface area contributed by atoms with Crippen molar-refractivity contribution in [2.45, 2.75) is 20.3 Å². The number of thiophene rings is 1. The van der Waals surface area contributed by atoms with E-state index in [1.807, 2.05) is 19.1 Å². The molecule has 3 N–H and O–H groups in total. The van der Waals surface area contributed by atoms with Crippen molar-refractivity contribution in [3.63, 3.8) is 0 Å². The predicted molar refractivity (Wildman–Crippen MR) is 139 cm³/mol. The van der Waals surface area contributed by atoms with Gasteiger partial charge in [-0.05, 0) is 49.8 Å². The maximum absolute atomic E-state index is 15.2. The van der Waals surface area contributed by atoms with Gasteiger partial charge in [0.2, 0.25) is 15.8 Å². The summed E-state index contributed by atoms with van der Waals surface area (Å²) in [5.41, 5.74) is 0.00598. The average Bonchev–Trinajstić information content (AvgIpc) is 3.48. The molecule has 36 heavy (non-hydrogen) atoms. The van der Waals surface area contributed by atoms with Gasteiger partial charge in [0.25, 0.3) is 0 Å². The summed E-state index contributed by atoms with van der Waals surface area (Å²) in [6.45, 7) is 3.48. The van der Waals surface area contributed by atoms with Crippen molar-refractivity contribution in [2.75, 3.05) is 10.5 Å². The third-order valence-electron chi connectivity index (χ3n) is 5.32. The fourth-order valence-corrected chi connectivity index (χ4v) is 5.72. The molecule has 3 heterocycles. The first kappa shape index (κ1) is 25.4. The number of carbonyl (C=O) groups excluding carboxylic acids is 1. The number of fused-ring (bicyclic) bond motifs is 1. The van der Waals surface area contributed by atoms with Crippen LogP contribution in [0.1, 0.15) is 41.1 Å². The Morgan fingerprint density at radius 1 is 1.25 bits per heavy atom. The molecule has 0 amide bonds. The summed E-state index contributed by atoms with van der Waals surface area (Å²) in [6, 6.07) is 7.13. The second-order valence-corrected chi connectivity index (χ2v) is 10.9. The molecule has 4 rings (SSSR count). The number of H-pyrrole nitrogens is 1. The van der Waals surface area contributed by atoms with E-state index in [0.29, 0.717) is 28.7 Å². The van der Waals surface area contributed by atoms with E-state index < -0.39 is 38.7 Å². The Balaban J connectivity index is 1.74. The van der Waals surface area contributed by atoms with Crippen LogP contribution < -0.4 is 4.72 Å². The Morgan fingerprint density at radius 2 is 2.03 bits per heavy atom. The zero-order valence-corrected chi connectivity index (χ0v) is 21.0. The number of hydrogen-bond donors (Lipinski definition) is 3. The fourth-order valence-electron chi connectivity index (χ4n) is 3.67. The van der Waals surface area contributed by atoms with Gasteiger partial charge in [-0.2, -0.15) is 0 Å². The van der Waals surface area contributed by atoms with E-state index in [1.165, 1.54) is 17.5 Å². The minimum Gasteiger partial charge on any atom is -0.345 e. The van der Waals surface area contributed by atoms with Crippen molar-refractivity contribution in [1.29, 1.82) is 5.41 Å². The number of nitrogens with one attached hydrogen (secondary N) is 3. The smallest absolute Gasteiger partial charge is 0.232 e. The van der Waals surface area contributed by atoms with Gasteiger partial charge in [0.1, 0.15) is 11.5 Å². The van der Waals surface area contributed by atoms with Gasteiger partial charge in [0.15, 0.2) is 5.82 Å². The fraction of sp³-hybridized carbons (Fsp3) is 0.160. The zero-order valence-electron chi connectivity index (χ0n) is 19.4. The van der Waals surface area contributed by atoms with Crippen LogP contribution in [0.3, 0.4) is 0 Å². The van der Waals surface area contributed by atoms with Crippen molar-refractivity contribution >= 4 is 49.6 Å². The number of benzene rings is 1. The topological polar surface area (TPSA) is 116 Å². The third kappa shape index (κ3) is 4.98. The monoisotopic (exact) mass is 528 g/mol. The normalized spacial score (nSPS) is 11.9. The van der Waals surface area contributed by atoms with Gasteiger partial charge in [-0.1, -0.05) is 13.0 Å². The largest absolute Gasteiger partial charge is 0.345 e. The van der Waals surface area contributed by atoms with E-state index in [2.05, 4.69) is 14.7 Å². The minimum atomic E-state index is -3.85. The Morgan fingerprint density at radius 3 is 2.75 bits per heavy atom. The Labute approximate surface area is 210 Å². The van der Waals surface area contributed by atoms with E-state index in [0.717, 1.165) is 21.9 Å². The molecule has 0 aliphatic heterocycles. The second-order valence-electron chi connectivity index (χ2n) is 7.93. The lowest BCUT2D eigenvalue weighted by Crippen LogP contribution is -2.18. The van der Waals surface area contributed by atoms with Gasteiger partial charge in [0.05, 0.1) is 27.6 Å². The molecule has 0 aliphatic rings. The first-order valence-corrected chi connectivity index (χ1v) is 13.4. The molecule has 3 aromatic heterocycles. The molecule has 0 bridgehead atoms. The number of anilines is 1. The number of hydrogen-bond acceptors (Lipinski definition) is 6. The van der Waals surface area contributed by atoms with Crippen molar-refractivity contribution in [2.24, 2.45) is 0 Å². The summed E-state index contributed by atoms with van der Waals surface area (Å²) < 4.78 is 56.1. The van der Waals surface area contributed by atoms with Crippen molar-refractivity contribution < 1.29 is 22.0 Å². The van der Waals surface area contributed by atoms with Gasteiger partial charge in [-0.3, -0.25) is 14.9 Å². The van der Waals surface area contributed by atoms with Crippen LogP contribution in [-0.4, -0.2) is 35.6 Å². The molecule has 11 heteroatoms. The highest BCUT2D eigenvalue weighted by molar-refractivity contribution is 7.92. The molecule has 0 saturated heterocycles. The Bertz CT molecular complexity index is 1620. The van der Waals surface area contributed by atoms with Gasteiger partial charge >= 0.3 is 0 Å². The van der Waals surface area contributed by atoms with Crippen LogP contribution in [0.2, 0.25) is 0 Å². The predicted octanol–water partition coefficient (Wildman–Crippen LogP) is 5.90. The number of sulfonamides is 1. The second kappa shape index (κ2) is 10.1. The number of aromatic nitrogens is 2. The van der Waals surface area contributed by atoms with Crippen molar-refractivity contribution in [3.05, 3.63) is 82.5 Å². The Hall–Kier alpha value is -3.70. The summed E-state index contributed by atoms with van der Waals surface area (Å²) in [7, 11) is -3.85. The van der Waals surface area contributed by atoms with Crippen molar-refractivity contribution in [1.82, 2.24) is 9.97 Å². The maximum Gasteiger partial charge on any atom is 0.232 e. The van der Waals surface area contributed by atoms with Crippen LogP contribution in [0.4, 0.5) is 14.5 Å². The van der Waals surface area contributed by atoms with Crippen LogP contribution in [0, 0.1) is 17.0 Å². The summed E-state index contributed by atoms with van der Waals surface area (Å²) >= 11 is 1.38. The standard InChI is InChI=1S/C25H22F2N4O3S2/c1-3-5-18(28)21-9-8-20(35-21)14-11-15-16(13-30-25(15)29-12-14)24(32)22-17(26)6-7-19(23(22)27)31-36(33,34)10-4-2/h3,5-9,11-13,28,31H,4,10H2,1-2H3,(H,29,30)/b5-3-,28-18?. The van der Waals surface area contributed by atoms with Gasteiger partial charge in [-0.15, -0.1) is 11.3 Å². The van der Waals surface area contributed by atoms with Crippen molar-refractivity contribution in [3.8, 4) is 10.4 Å². The van der Waals surface area contributed by atoms with E-state index in [-0.39, 0.29) is 11.3 Å². The zero-order chi connectivity index (χ0) is 26.0. The lowest BCUT2D eigenvalue weighted by atomic mass is 10.0. The molecule has 0 saturated carbocycles. The number of nitrogens with zero attached hydrogens (tertiary/aromatic N) is 1. The molecule has 1 aromatic carbocycles. The molecular formula is C25H22F2N4O3S2. The van der Waals surface area contributed by atoms with Crippen LogP contribution in [-0.2, 0) is 10.0 Å². The molecule has 0 fully saturated rings. The maximum atomic E-state index is 15.2. The number of ketones is 1. The van der Waals surface area contributed by atoms with E-state index >= 15 is 4.39 Å². The SMILES string of the molecule is C/C=C\C(=N)c1ccc(-c2cnc3[nH]cc(C(=O)c4c(F)ccc(NS(=O)(=O)CCC)c4F)c3c2)s1. The van der Waals surface area contributed by atoms with Crippen LogP contribution >= 0.6 is 11.3 Å². The summed E-state index contributed by atoms with van der Waals surface area (Å²) in [5.74, 6) is -3.60. The molecule has 0 aliphatic carbocycles. The number of rotatable bonds is 9. The van der Waals surface area contributed by atoms with Crippen LogP contribution in [0.15, 0.2) is 54.9 Å². The number of halogens is 2. The summed E-state index contributed by atoms with van der Waals surface area (Å²) in [6.07, 6.45) is 6.68. The van der Waals surface area contributed by atoms with E-state index in [9.17, 15) is 17.6 Å².